The van der Waals surface area contributed by atoms with Gasteiger partial charge in [-0.3, -0.25) is 0 Å². The van der Waals surface area contributed by atoms with Crippen molar-refractivity contribution in [3.8, 4) is 0 Å². The van der Waals surface area contributed by atoms with Crippen LogP contribution >= 0.6 is 0 Å². The van der Waals surface area contributed by atoms with E-state index in [1.807, 2.05) is 5.32 Å². The second-order valence-electron chi connectivity index (χ2n) is 4.47. The van der Waals surface area contributed by atoms with Crippen LogP contribution in [0.15, 0.2) is 0 Å². The van der Waals surface area contributed by atoms with E-state index in [1.54, 1.807) is 20.8 Å². The zero-order valence-corrected chi connectivity index (χ0v) is 10.4. The Bertz CT molecular complexity index is 290. The summed E-state index contributed by atoms with van der Waals surface area (Å²) in [7, 11) is 0. The Morgan fingerprint density at radius 1 is 1.28 bits per heavy atom. The number of carboxylic acid groups (broad SMARTS) is 1. The molecule has 1 amide bonds. The maximum absolute atomic E-state index is 11.8. The molecule has 2 N–H and O–H groups in total. The number of alkyl halides is 2. The number of carbonyl (C=O) groups excluding carboxylic acids is 1. The maximum atomic E-state index is 11.8. The average Bonchev–Trinajstić information content (AvgIpc) is 2.12. The highest BCUT2D eigenvalue weighted by Gasteiger charge is 2.24. The summed E-state index contributed by atoms with van der Waals surface area (Å²) in [6.45, 7) is 3.37. The molecule has 8 heteroatoms. The minimum atomic E-state index is -2.69. The van der Waals surface area contributed by atoms with Gasteiger partial charge in [0.2, 0.25) is 0 Å². The normalized spacial score (nSPS) is 13.2. The van der Waals surface area contributed by atoms with Crippen LogP contribution in [0.4, 0.5) is 13.6 Å². The van der Waals surface area contributed by atoms with Crippen LogP contribution in [0, 0.1) is 0 Å². The van der Waals surface area contributed by atoms with E-state index in [1.165, 1.54) is 0 Å². The van der Waals surface area contributed by atoms with Crippen molar-refractivity contribution >= 4 is 12.1 Å². The third kappa shape index (κ3) is 8.68. The van der Waals surface area contributed by atoms with Crippen molar-refractivity contribution in [2.45, 2.75) is 38.8 Å². The molecular formula is C10H17F2NO5. The van der Waals surface area contributed by atoms with Gasteiger partial charge in [0, 0.05) is 0 Å². The van der Waals surface area contributed by atoms with Gasteiger partial charge < -0.3 is 19.9 Å². The van der Waals surface area contributed by atoms with E-state index in [-0.39, 0.29) is 0 Å². The van der Waals surface area contributed by atoms with E-state index < -0.39 is 43.3 Å². The van der Waals surface area contributed by atoms with E-state index in [0.29, 0.717) is 0 Å². The molecule has 0 aliphatic rings. The number of rotatable bonds is 6. The second kappa shape index (κ2) is 7.10. The fraction of sp³-hybridized carbons (Fsp3) is 0.800. The number of carboxylic acids is 1. The van der Waals surface area contributed by atoms with Crippen molar-refractivity contribution in [3.05, 3.63) is 0 Å². The van der Waals surface area contributed by atoms with Gasteiger partial charge in [0.1, 0.15) is 12.2 Å². The summed E-state index contributed by atoms with van der Waals surface area (Å²) in [6.07, 6.45) is -3.64. The number of hydrogen-bond donors (Lipinski definition) is 2. The molecule has 0 saturated carbocycles. The van der Waals surface area contributed by atoms with Crippen molar-refractivity contribution in [1.29, 1.82) is 0 Å². The summed E-state index contributed by atoms with van der Waals surface area (Å²) in [5.74, 6) is -1.39. The lowest BCUT2D eigenvalue weighted by atomic mass is 10.2. The molecule has 0 fully saturated rings. The third-order valence-electron chi connectivity index (χ3n) is 1.52. The summed E-state index contributed by atoms with van der Waals surface area (Å²) in [5.41, 5.74) is -0.781. The van der Waals surface area contributed by atoms with Crippen LogP contribution in [-0.4, -0.2) is 48.5 Å². The molecule has 0 aromatic rings. The van der Waals surface area contributed by atoms with E-state index >= 15 is 0 Å². The molecule has 0 rings (SSSR count). The van der Waals surface area contributed by atoms with Gasteiger partial charge in [0.25, 0.3) is 6.43 Å². The minimum absolute atomic E-state index is 0.557. The Labute approximate surface area is 103 Å². The highest BCUT2D eigenvalue weighted by molar-refractivity contribution is 5.80. The Hall–Kier alpha value is -1.44. The number of nitrogens with one attached hydrogen (secondary N) is 1. The van der Waals surface area contributed by atoms with E-state index in [2.05, 4.69) is 4.74 Å². The Morgan fingerprint density at radius 3 is 2.22 bits per heavy atom. The quantitative estimate of drug-likeness (QED) is 0.758. The molecule has 0 aliphatic carbocycles. The average molecular weight is 269 g/mol. The van der Waals surface area contributed by atoms with Gasteiger partial charge in [-0.25, -0.2) is 18.4 Å². The van der Waals surface area contributed by atoms with Crippen LogP contribution in [0.2, 0.25) is 0 Å². The predicted octanol–water partition coefficient (Wildman–Crippen LogP) is 1.25. The molecular weight excluding hydrogens is 252 g/mol. The van der Waals surface area contributed by atoms with Crippen LogP contribution in [0.25, 0.3) is 0 Å². The number of aliphatic carboxylic acids is 1. The number of ether oxygens (including phenoxy) is 2. The molecule has 1 atom stereocenters. The topological polar surface area (TPSA) is 84.9 Å². The van der Waals surface area contributed by atoms with Crippen LogP contribution in [-0.2, 0) is 14.3 Å². The predicted molar refractivity (Wildman–Crippen MR) is 57.6 cm³/mol. The number of halogens is 2. The largest absolute Gasteiger partial charge is 0.480 e. The zero-order chi connectivity index (χ0) is 14.3. The fourth-order valence-corrected chi connectivity index (χ4v) is 0.899. The summed E-state index contributed by atoms with van der Waals surface area (Å²) < 4.78 is 32.9. The Balaban J connectivity index is 4.19. The first kappa shape index (κ1) is 16.6. The Morgan fingerprint density at radius 2 is 1.83 bits per heavy atom. The number of carbonyl (C=O) groups is 2. The molecule has 0 aromatic heterocycles. The monoisotopic (exact) mass is 269 g/mol. The number of alkyl carbamates (subject to hydrolysis) is 1. The molecule has 0 aromatic carbocycles. The van der Waals surface area contributed by atoms with Crippen LogP contribution in [0.3, 0.4) is 0 Å². The van der Waals surface area contributed by atoms with Gasteiger partial charge in [0.05, 0.1) is 6.61 Å². The van der Waals surface area contributed by atoms with Gasteiger partial charge in [-0.2, -0.15) is 0 Å². The molecule has 0 unspecified atom stereocenters. The second-order valence-corrected chi connectivity index (χ2v) is 4.47. The van der Waals surface area contributed by atoms with Gasteiger partial charge in [-0.05, 0) is 20.8 Å². The first-order chi connectivity index (χ1) is 8.11. The molecule has 0 saturated heterocycles. The SMILES string of the molecule is CC(C)(C)OC(=O)N[C@H](COCC(F)F)C(=O)O. The molecule has 106 valence electrons. The summed E-state index contributed by atoms with van der Waals surface area (Å²) in [5, 5.41) is 10.8. The molecule has 6 nitrogen and oxygen atoms in total. The molecule has 0 spiro atoms. The van der Waals surface area contributed by atoms with E-state index in [4.69, 9.17) is 9.84 Å². The lowest BCUT2D eigenvalue weighted by molar-refractivity contribution is -0.141. The fourth-order valence-electron chi connectivity index (χ4n) is 0.899. The number of amides is 1. The van der Waals surface area contributed by atoms with Gasteiger partial charge >= 0.3 is 12.1 Å². The zero-order valence-electron chi connectivity index (χ0n) is 10.4. The van der Waals surface area contributed by atoms with E-state index in [0.717, 1.165) is 0 Å². The summed E-state index contributed by atoms with van der Waals surface area (Å²) in [6, 6.07) is -1.43. The highest BCUT2D eigenvalue weighted by atomic mass is 19.3. The van der Waals surface area contributed by atoms with Gasteiger partial charge in [-0.15, -0.1) is 0 Å². The maximum Gasteiger partial charge on any atom is 0.408 e. The molecule has 0 bridgehead atoms. The molecule has 0 radical (unpaired) electrons. The lowest BCUT2D eigenvalue weighted by Gasteiger charge is -2.21. The highest BCUT2D eigenvalue weighted by Crippen LogP contribution is 2.07. The smallest absolute Gasteiger partial charge is 0.408 e. The van der Waals surface area contributed by atoms with Crippen LogP contribution in [0.1, 0.15) is 20.8 Å². The van der Waals surface area contributed by atoms with Crippen molar-refractivity contribution in [1.82, 2.24) is 5.32 Å². The van der Waals surface area contributed by atoms with Gasteiger partial charge in [-0.1, -0.05) is 0 Å². The minimum Gasteiger partial charge on any atom is -0.480 e. The van der Waals surface area contributed by atoms with Crippen molar-refractivity contribution < 1.29 is 33.0 Å². The molecule has 18 heavy (non-hydrogen) atoms. The summed E-state index contributed by atoms with van der Waals surface area (Å²) >= 11 is 0. The van der Waals surface area contributed by atoms with Crippen LogP contribution in [0.5, 0.6) is 0 Å². The van der Waals surface area contributed by atoms with Crippen LogP contribution < -0.4 is 5.32 Å². The first-order valence-corrected chi connectivity index (χ1v) is 5.20. The van der Waals surface area contributed by atoms with Crippen molar-refractivity contribution in [2.75, 3.05) is 13.2 Å². The number of hydrogen-bond acceptors (Lipinski definition) is 4. The molecule has 0 aliphatic heterocycles. The van der Waals surface area contributed by atoms with Crippen molar-refractivity contribution in [2.24, 2.45) is 0 Å². The lowest BCUT2D eigenvalue weighted by Crippen LogP contribution is -2.46. The third-order valence-corrected chi connectivity index (χ3v) is 1.52. The Kier molecular flexibility index (Phi) is 6.53. The first-order valence-electron chi connectivity index (χ1n) is 5.20. The summed E-state index contributed by atoms with van der Waals surface area (Å²) in [4.78, 5) is 22.0. The van der Waals surface area contributed by atoms with Gasteiger partial charge in [0.15, 0.2) is 6.04 Å². The molecule has 0 heterocycles. The standard InChI is InChI=1S/C10H17F2NO5/c1-10(2,3)18-9(16)13-6(8(14)15)4-17-5-7(11)12/h6-7H,4-5H2,1-3H3,(H,13,16)(H,14,15)/t6-/m1/s1. The van der Waals surface area contributed by atoms with E-state index in [9.17, 15) is 18.4 Å². The van der Waals surface area contributed by atoms with Crippen molar-refractivity contribution in [3.63, 3.8) is 0 Å².